The summed E-state index contributed by atoms with van der Waals surface area (Å²) in [5, 5.41) is 5.79. The predicted molar refractivity (Wildman–Crippen MR) is 129 cm³/mol. The minimum atomic E-state index is -0.760. The number of ether oxygens (including phenoxy) is 2. The lowest BCUT2D eigenvalue weighted by Gasteiger charge is -2.30. The number of morpholine rings is 1. The molecule has 3 aliphatic rings. The van der Waals surface area contributed by atoms with Gasteiger partial charge >= 0.3 is 0 Å². The molecular weight excluding hydrogens is 450 g/mol. The van der Waals surface area contributed by atoms with Gasteiger partial charge in [0.1, 0.15) is 24.5 Å². The van der Waals surface area contributed by atoms with Crippen LogP contribution in [0.4, 0.5) is 0 Å². The van der Waals surface area contributed by atoms with Gasteiger partial charge in [0.25, 0.3) is 5.91 Å². The summed E-state index contributed by atoms with van der Waals surface area (Å²) >= 11 is 0. The number of hydrogen-bond acceptors (Lipinski definition) is 7. The van der Waals surface area contributed by atoms with Crippen LogP contribution < -0.4 is 10.6 Å². The van der Waals surface area contributed by atoms with E-state index in [1.807, 2.05) is 13.8 Å². The number of rotatable bonds is 9. The van der Waals surface area contributed by atoms with Crippen LogP contribution in [-0.2, 0) is 25.6 Å². The van der Waals surface area contributed by atoms with Gasteiger partial charge in [-0.05, 0) is 44.1 Å². The van der Waals surface area contributed by atoms with Crippen molar-refractivity contribution < 1.29 is 28.3 Å². The van der Waals surface area contributed by atoms with Gasteiger partial charge in [-0.1, -0.05) is 26.7 Å². The molecule has 3 atom stereocenters. The molecule has 2 saturated heterocycles. The van der Waals surface area contributed by atoms with Gasteiger partial charge in [-0.2, -0.15) is 0 Å². The summed E-state index contributed by atoms with van der Waals surface area (Å²) in [4.78, 5) is 41.1. The average molecular weight is 490 g/mol. The molecule has 1 aliphatic carbocycles. The van der Waals surface area contributed by atoms with Crippen molar-refractivity contribution in [2.75, 3.05) is 32.9 Å². The largest absolute Gasteiger partial charge is 0.456 e. The number of Topliss-reactive ketones (excluding diaryl/α,β-unsaturated/α-hetero) is 1. The van der Waals surface area contributed by atoms with Crippen LogP contribution in [0.1, 0.15) is 74.3 Å². The van der Waals surface area contributed by atoms with Crippen LogP contribution >= 0.6 is 0 Å². The number of furan rings is 1. The fourth-order valence-electron chi connectivity index (χ4n) is 5.52. The molecule has 2 N–H and O–H groups in total. The lowest BCUT2D eigenvalue weighted by Crippen LogP contribution is -2.54. The molecule has 1 aromatic heterocycles. The second-order valence-electron chi connectivity index (χ2n) is 10.5. The van der Waals surface area contributed by atoms with Crippen molar-refractivity contribution in [1.82, 2.24) is 15.5 Å². The van der Waals surface area contributed by atoms with Gasteiger partial charge in [0.15, 0.2) is 11.5 Å². The van der Waals surface area contributed by atoms with E-state index in [-0.39, 0.29) is 35.6 Å². The normalized spacial score (nSPS) is 25.5. The fourth-order valence-corrected chi connectivity index (χ4v) is 5.52. The Morgan fingerprint density at radius 3 is 2.63 bits per heavy atom. The summed E-state index contributed by atoms with van der Waals surface area (Å²) in [6.07, 6.45) is 5.08. The third kappa shape index (κ3) is 6.32. The zero-order valence-corrected chi connectivity index (χ0v) is 21.2. The van der Waals surface area contributed by atoms with E-state index in [0.717, 1.165) is 44.3 Å². The number of aryl methyl sites for hydroxylation is 1. The molecule has 3 fully saturated rings. The molecule has 3 heterocycles. The van der Waals surface area contributed by atoms with Crippen molar-refractivity contribution in [3.05, 3.63) is 23.2 Å². The van der Waals surface area contributed by atoms with Crippen LogP contribution in [0.15, 0.2) is 10.5 Å². The molecule has 35 heavy (non-hydrogen) atoms. The first-order valence-corrected chi connectivity index (χ1v) is 12.9. The standard InChI is InChI=1S/C26H39N3O6/c1-4-21-23(20(30)16-34-21)28-24(31)19(14-26(3)7-5-6-8-26)27-25(32)22-13-18(17(2)35-22)15-29-9-11-33-12-10-29/h13,19,21,23H,4-12,14-16H2,1-3H3,(H,27,32)(H,28,31)/t19-,21-,23+/m0/s1. The molecule has 0 aromatic carbocycles. The van der Waals surface area contributed by atoms with Gasteiger partial charge in [-0.15, -0.1) is 0 Å². The molecule has 9 heteroatoms. The molecule has 4 rings (SSSR count). The zero-order valence-electron chi connectivity index (χ0n) is 21.2. The Morgan fingerprint density at radius 1 is 1.23 bits per heavy atom. The molecule has 0 bridgehead atoms. The molecule has 194 valence electrons. The number of hydrogen-bond donors (Lipinski definition) is 2. The summed E-state index contributed by atoms with van der Waals surface area (Å²) < 4.78 is 16.7. The summed E-state index contributed by atoms with van der Waals surface area (Å²) in [5.74, 6) is 0.0169. The number of nitrogens with zero attached hydrogens (tertiary/aromatic N) is 1. The van der Waals surface area contributed by atoms with Crippen molar-refractivity contribution in [3.63, 3.8) is 0 Å². The molecule has 1 aromatic rings. The minimum Gasteiger partial charge on any atom is -0.456 e. The first kappa shape index (κ1) is 25.9. The van der Waals surface area contributed by atoms with E-state index < -0.39 is 18.0 Å². The topological polar surface area (TPSA) is 110 Å². The second kappa shape index (κ2) is 11.2. The molecular formula is C26H39N3O6. The van der Waals surface area contributed by atoms with Crippen molar-refractivity contribution in [1.29, 1.82) is 0 Å². The van der Waals surface area contributed by atoms with Crippen molar-refractivity contribution in [2.24, 2.45) is 5.41 Å². The maximum absolute atomic E-state index is 13.4. The van der Waals surface area contributed by atoms with E-state index in [0.29, 0.717) is 38.4 Å². The number of carbonyl (C=O) groups is 3. The Hall–Kier alpha value is -2.23. The monoisotopic (exact) mass is 489 g/mol. The van der Waals surface area contributed by atoms with E-state index in [4.69, 9.17) is 13.9 Å². The molecule has 1 saturated carbocycles. The Kier molecular flexibility index (Phi) is 8.29. The van der Waals surface area contributed by atoms with E-state index in [1.54, 1.807) is 6.07 Å². The maximum Gasteiger partial charge on any atom is 0.287 e. The van der Waals surface area contributed by atoms with Crippen LogP contribution in [0.25, 0.3) is 0 Å². The highest BCUT2D eigenvalue weighted by atomic mass is 16.5. The highest BCUT2D eigenvalue weighted by Crippen LogP contribution is 2.41. The summed E-state index contributed by atoms with van der Waals surface area (Å²) in [6, 6.07) is 0.340. The third-order valence-corrected chi connectivity index (χ3v) is 7.73. The van der Waals surface area contributed by atoms with E-state index in [1.165, 1.54) is 0 Å². The van der Waals surface area contributed by atoms with Crippen molar-refractivity contribution >= 4 is 17.6 Å². The first-order chi connectivity index (χ1) is 16.8. The second-order valence-corrected chi connectivity index (χ2v) is 10.5. The lowest BCUT2D eigenvalue weighted by molar-refractivity contribution is -0.128. The summed E-state index contributed by atoms with van der Waals surface area (Å²) in [6.45, 7) is 9.74. The SMILES string of the molecule is CC[C@@H]1OCC(=O)[C@H]1NC(=O)[C@H](CC1(C)CCCC1)NC(=O)c1cc(CN2CCOCC2)c(C)o1. The Morgan fingerprint density at radius 2 is 1.94 bits per heavy atom. The molecule has 2 aliphatic heterocycles. The zero-order chi connectivity index (χ0) is 25.0. The summed E-state index contributed by atoms with van der Waals surface area (Å²) in [5.41, 5.74) is 0.927. The predicted octanol–water partition coefficient (Wildman–Crippen LogP) is 2.35. The number of carbonyl (C=O) groups excluding carboxylic acids is 3. The number of amides is 2. The highest BCUT2D eigenvalue weighted by molar-refractivity contribution is 5.97. The van der Waals surface area contributed by atoms with Gasteiger partial charge in [0.2, 0.25) is 5.91 Å². The maximum atomic E-state index is 13.4. The van der Waals surface area contributed by atoms with Gasteiger partial charge in [-0.25, -0.2) is 0 Å². The van der Waals surface area contributed by atoms with E-state index in [2.05, 4.69) is 22.5 Å². The average Bonchev–Trinajstić information content (AvgIpc) is 3.53. The van der Waals surface area contributed by atoms with Crippen LogP contribution in [0, 0.1) is 12.3 Å². The molecule has 2 amide bonds. The van der Waals surface area contributed by atoms with E-state index >= 15 is 0 Å². The van der Waals surface area contributed by atoms with Gasteiger partial charge in [0, 0.05) is 25.2 Å². The minimum absolute atomic E-state index is 0.00971. The lowest BCUT2D eigenvalue weighted by atomic mass is 9.81. The molecule has 0 unspecified atom stereocenters. The number of ketones is 1. The van der Waals surface area contributed by atoms with Gasteiger partial charge < -0.3 is 24.5 Å². The van der Waals surface area contributed by atoms with Crippen LogP contribution in [-0.4, -0.2) is 73.6 Å². The Bertz CT molecular complexity index is 916. The highest BCUT2D eigenvalue weighted by Gasteiger charge is 2.40. The Balaban J connectivity index is 1.46. The molecule has 0 spiro atoms. The van der Waals surface area contributed by atoms with Crippen LogP contribution in [0.5, 0.6) is 0 Å². The van der Waals surface area contributed by atoms with Crippen molar-refractivity contribution in [2.45, 2.75) is 84.0 Å². The van der Waals surface area contributed by atoms with E-state index in [9.17, 15) is 14.4 Å². The Labute approximate surface area is 207 Å². The quantitative estimate of drug-likeness (QED) is 0.548. The molecule has 9 nitrogen and oxygen atoms in total. The van der Waals surface area contributed by atoms with Crippen LogP contribution in [0.3, 0.4) is 0 Å². The van der Waals surface area contributed by atoms with Crippen molar-refractivity contribution in [3.8, 4) is 0 Å². The summed E-state index contributed by atoms with van der Waals surface area (Å²) in [7, 11) is 0. The van der Waals surface area contributed by atoms with Gasteiger partial charge in [0.05, 0.1) is 19.3 Å². The molecule has 0 radical (unpaired) electrons. The van der Waals surface area contributed by atoms with Crippen LogP contribution in [0.2, 0.25) is 0 Å². The third-order valence-electron chi connectivity index (χ3n) is 7.73. The number of nitrogens with one attached hydrogen (secondary N) is 2. The smallest absolute Gasteiger partial charge is 0.287 e. The fraction of sp³-hybridized carbons (Fsp3) is 0.731. The van der Waals surface area contributed by atoms with Gasteiger partial charge in [-0.3, -0.25) is 19.3 Å². The first-order valence-electron chi connectivity index (χ1n) is 12.9.